The molecule has 1 rings (SSSR count). The highest BCUT2D eigenvalue weighted by Gasteiger charge is 2.12. The molecule has 0 atom stereocenters. The molecule has 0 aliphatic carbocycles. The standard InChI is InChI=1S/C13H21N3O/c1-13(2,3)16-12(17)10-15-9-6-11-4-7-14-8-5-11/h4-5,7-8,15H,6,9-10H2,1-3H3,(H,16,17). The summed E-state index contributed by atoms with van der Waals surface area (Å²) in [5.74, 6) is 0.0345. The van der Waals surface area contributed by atoms with Crippen molar-refractivity contribution in [2.24, 2.45) is 0 Å². The molecule has 0 saturated heterocycles. The number of nitrogens with zero attached hydrogens (tertiary/aromatic N) is 1. The van der Waals surface area contributed by atoms with Crippen LogP contribution in [0.4, 0.5) is 0 Å². The molecule has 2 N–H and O–H groups in total. The molecule has 0 aliphatic rings. The molecule has 0 unspecified atom stereocenters. The van der Waals surface area contributed by atoms with E-state index in [0.29, 0.717) is 6.54 Å². The summed E-state index contributed by atoms with van der Waals surface area (Å²) in [7, 11) is 0. The van der Waals surface area contributed by atoms with Gasteiger partial charge in [-0.25, -0.2) is 0 Å². The summed E-state index contributed by atoms with van der Waals surface area (Å²) in [5.41, 5.74) is 1.06. The first-order chi connectivity index (χ1) is 7.97. The van der Waals surface area contributed by atoms with Crippen molar-refractivity contribution in [1.82, 2.24) is 15.6 Å². The molecule has 0 saturated carbocycles. The maximum absolute atomic E-state index is 11.5. The van der Waals surface area contributed by atoms with Gasteiger partial charge in [0.05, 0.1) is 6.54 Å². The van der Waals surface area contributed by atoms with Crippen molar-refractivity contribution in [3.63, 3.8) is 0 Å². The van der Waals surface area contributed by atoms with Gasteiger partial charge in [0.2, 0.25) is 5.91 Å². The van der Waals surface area contributed by atoms with Crippen LogP contribution in [0.5, 0.6) is 0 Å². The third kappa shape index (κ3) is 6.68. The fourth-order valence-corrected chi connectivity index (χ4v) is 1.45. The summed E-state index contributed by atoms with van der Waals surface area (Å²) in [6, 6.07) is 3.97. The van der Waals surface area contributed by atoms with Crippen molar-refractivity contribution in [2.75, 3.05) is 13.1 Å². The molecule has 0 radical (unpaired) electrons. The van der Waals surface area contributed by atoms with Crippen molar-refractivity contribution in [1.29, 1.82) is 0 Å². The Kier molecular flexibility index (Phi) is 5.10. The van der Waals surface area contributed by atoms with Crippen LogP contribution in [0, 0.1) is 0 Å². The molecule has 94 valence electrons. The summed E-state index contributed by atoms with van der Waals surface area (Å²) in [4.78, 5) is 15.4. The monoisotopic (exact) mass is 235 g/mol. The van der Waals surface area contributed by atoms with Crippen molar-refractivity contribution in [3.8, 4) is 0 Å². The van der Waals surface area contributed by atoms with E-state index in [1.807, 2.05) is 32.9 Å². The van der Waals surface area contributed by atoms with Gasteiger partial charge in [-0.05, 0) is 51.4 Å². The second kappa shape index (κ2) is 6.35. The first-order valence-corrected chi connectivity index (χ1v) is 5.88. The lowest BCUT2D eigenvalue weighted by atomic mass is 10.1. The number of rotatable bonds is 5. The molecule has 1 amide bonds. The average Bonchev–Trinajstić information content (AvgIpc) is 2.23. The Labute approximate surface area is 103 Å². The largest absolute Gasteiger partial charge is 0.350 e. The second-order valence-corrected chi connectivity index (χ2v) is 5.08. The Bertz CT molecular complexity index is 343. The zero-order chi connectivity index (χ0) is 12.7. The Morgan fingerprint density at radius 3 is 2.53 bits per heavy atom. The van der Waals surface area contributed by atoms with E-state index in [0.717, 1.165) is 13.0 Å². The van der Waals surface area contributed by atoms with Gasteiger partial charge in [0, 0.05) is 17.9 Å². The predicted octanol–water partition coefficient (Wildman–Crippen LogP) is 1.13. The van der Waals surface area contributed by atoms with Crippen LogP contribution in [-0.4, -0.2) is 29.5 Å². The number of hydrogen-bond donors (Lipinski definition) is 2. The lowest BCUT2D eigenvalue weighted by Gasteiger charge is -2.20. The minimum Gasteiger partial charge on any atom is -0.350 e. The number of nitrogens with one attached hydrogen (secondary N) is 2. The van der Waals surface area contributed by atoms with Crippen LogP contribution < -0.4 is 10.6 Å². The van der Waals surface area contributed by atoms with Crippen LogP contribution in [-0.2, 0) is 11.2 Å². The fraction of sp³-hybridized carbons (Fsp3) is 0.538. The normalized spacial score (nSPS) is 11.2. The molecule has 17 heavy (non-hydrogen) atoms. The lowest BCUT2D eigenvalue weighted by molar-refractivity contribution is -0.121. The van der Waals surface area contributed by atoms with Gasteiger partial charge < -0.3 is 10.6 Å². The van der Waals surface area contributed by atoms with Crippen LogP contribution in [0.25, 0.3) is 0 Å². The number of aromatic nitrogens is 1. The topological polar surface area (TPSA) is 54.0 Å². The summed E-state index contributed by atoms with van der Waals surface area (Å²) < 4.78 is 0. The molecular weight excluding hydrogens is 214 g/mol. The minimum absolute atomic E-state index is 0.0345. The molecular formula is C13H21N3O. The van der Waals surface area contributed by atoms with E-state index in [1.165, 1.54) is 5.56 Å². The molecule has 0 bridgehead atoms. The molecule has 0 aliphatic heterocycles. The molecule has 0 spiro atoms. The maximum atomic E-state index is 11.5. The van der Waals surface area contributed by atoms with E-state index in [1.54, 1.807) is 12.4 Å². The second-order valence-electron chi connectivity index (χ2n) is 5.08. The maximum Gasteiger partial charge on any atom is 0.234 e. The molecule has 1 aromatic heterocycles. The number of pyridine rings is 1. The number of amides is 1. The molecule has 0 fully saturated rings. The van der Waals surface area contributed by atoms with E-state index >= 15 is 0 Å². The van der Waals surface area contributed by atoms with Gasteiger partial charge in [0.1, 0.15) is 0 Å². The molecule has 0 aromatic carbocycles. The van der Waals surface area contributed by atoms with Crippen molar-refractivity contribution in [2.45, 2.75) is 32.7 Å². The van der Waals surface area contributed by atoms with Gasteiger partial charge in [-0.3, -0.25) is 9.78 Å². The van der Waals surface area contributed by atoms with Gasteiger partial charge in [0.25, 0.3) is 0 Å². The molecule has 1 heterocycles. The van der Waals surface area contributed by atoms with Crippen molar-refractivity contribution < 1.29 is 4.79 Å². The highest BCUT2D eigenvalue weighted by Crippen LogP contribution is 1.98. The van der Waals surface area contributed by atoms with E-state index in [-0.39, 0.29) is 11.4 Å². The van der Waals surface area contributed by atoms with E-state index in [2.05, 4.69) is 15.6 Å². The smallest absolute Gasteiger partial charge is 0.234 e. The SMILES string of the molecule is CC(C)(C)NC(=O)CNCCc1ccncc1. The zero-order valence-electron chi connectivity index (χ0n) is 10.8. The highest BCUT2D eigenvalue weighted by atomic mass is 16.2. The first kappa shape index (κ1) is 13.6. The van der Waals surface area contributed by atoms with Crippen LogP contribution in [0.3, 0.4) is 0 Å². The number of hydrogen-bond acceptors (Lipinski definition) is 3. The summed E-state index contributed by atoms with van der Waals surface area (Å²) in [6.07, 6.45) is 4.47. The summed E-state index contributed by atoms with van der Waals surface area (Å²) in [5, 5.41) is 6.03. The third-order valence-electron chi connectivity index (χ3n) is 2.14. The minimum atomic E-state index is -0.163. The lowest BCUT2D eigenvalue weighted by Crippen LogP contribution is -2.45. The Balaban J connectivity index is 2.14. The average molecular weight is 235 g/mol. The van der Waals surface area contributed by atoms with Gasteiger partial charge in [-0.2, -0.15) is 0 Å². The van der Waals surface area contributed by atoms with Gasteiger partial charge in [0.15, 0.2) is 0 Å². The van der Waals surface area contributed by atoms with E-state index in [9.17, 15) is 4.79 Å². The van der Waals surface area contributed by atoms with Crippen molar-refractivity contribution in [3.05, 3.63) is 30.1 Å². The zero-order valence-corrected chi connectivity index (χ0v) is 10.8. The van der Waals surface area contributed by atoms with Crippen LogP contribution in [0.2, 0.25) is 0 Å². The Morgan fingerprint density at radius 1 is 1.29 bits per heavy atom. The molecule has 4 nitrogen and oxygen atoms in total. The summed E-state index contributed by atoms with van der Waals surface area (Å²) >= 11 is 0. The van der Waals surface area contributed by atoms with Gasteiger partial charge >= 0.3 is 0 Å². The number of carbonyl (C=O) groups excluding carboxylic acids is 1. The van der Waals surface area contributed by atoms with Crippen LogP contribution in [0.1, 0.15) is 26.3 Å². The Morgan fingerprint density at radius 2 is 1.94 bits per heavy atom. The highest BCUT2D eigenvalue weighted by molar-refractivity contribution is 5.78. The van der Waals surface area contributed by atoms with Gasteiger partial charge in [-0.15, -0.1) is 0 Å². The van der Waals surface area contributed by atoms with Crippen molar-refractivity contribution >= 4 is 5.91 Å². The van der Waals surface area contributed by atoms with E-state index < -0.39 is 0 Å². The molecule has 4 heteroatoms. The number of carbonyl (C=O) groups is 1. The quantitative estimate of drug-likeness (QED) is 0.752. The van der Waals surface area contributed by atoms with E-state index in [4.69, 9.17) is 0 Å². The van der Waals surface area contributed by atoms with Crippen LogP contribution >= 0.6 is 0 Å². The summed E-state index contributed by atoms with van der Waals surface area (Å²) in [6.45, 7) is 7.08. The Hall–Kier alpha value is -1.42. The third-order valence-corrected chi connectivity index (χ3v) is 2.14. The fourth-order valence-electron chi connectivity index (χ4n) is 1.45. The van der Waals surface area contributed by atoms with Gasteiger partial charge in [-0.1, -0.05) is 0 Å². The molecule has 1 aromatic rings. The predicted molar refractivity (Wildman–Crippen MR) is 68.7 cm³/mol. The van der Waals surface area contributed by atoms with Crippen LogP contribution in [0.15, 0.2) is 24.5 Å². The first-order valence-electron chi connectivity index (χ1n) is 5.88.